The van der Waals surface area contributed by atoms with Crippen molar-refractivity contribution in [1.29, 1.82) is 0 Å². The molecule has 0 fully saturated rings. The van der Waals surface area contributed by atoms with Crippen molar-refractivity contribution in [3.05, 3.63) is 57.2 Å². The van der Waals surface area contributed by atoms with Crippen molar-refractivity contribution in [2.45, 2.75) is 19.4 Å². The molecule has 0 aliphatic carbocycles. The highest BCUT2D eigenvalue weighted by atomic mass is 35.5. The number of benzene rings is 1. The van der Waals surface area contributed by atoms with E-state index in [-0.39, 0.29) is 0 Å². The fourth-order valence-electron chi connectivity index (χ4n) is 2.07. The first kappa shape index (κ1) is 17.8. The number of hydrogen-bond donors (Lipinski definition) is 3. The molecule has 1 heterocycles. The van der Waals surface area contributed by atoms with Crippen molar-refractivity contribution in [2.24, 2.45) is 4.99 Å². The van der Waals surface area contributed by atoms with E-state index in [4.69, 9.17) is 11.6 Å². The van der Waals surface area contributed by atoms with Crippen LogP contribution in [0.1, 0.15) is 23.5 Å². The lowest BCUT2D eigenvalue weighted by Crippen LogP contribution is -2.38. The Balaban J connectivity index is 1.85. The van der Waals surface area contributed by atoms with E-state index in [1.165, 1.54) is 4.88 Å². The molecule has 2 aromatic rings. The van der Waals surface area contributed by atoms with Crippen LogP contribution < -0.4 is 10.6 Å². The van der Waals surface area contributed by atoms with Crippen molar-refractivity contribution < 1.29 is 5.11 Å². The first-order valence-corrected chi connectivity index (χ1v) is 8.93. The summed E-state index contributed by atoms with van der Waals surface area (Å²) < 4.78 is 0. The monoisotopic (exact) mass is 351 g/mol. The minimum Gasteiger partial charge on any atom is -0.386 e. The van der Waals surface area contributed by atoms with Gasteiger partial charge < -0.3 is 15.7 Å². The van der Waals surface area contributed by atoms with Crippen molar-refractivity contribution >= 4 is 28.9 Å². The largest absolute Gasteiger partial charge is 0.386 e. The molecule has 3 N–H and O–H groups in total. The van der Waals surface area contributed by atoms with Crippen LogP contribution in [0.3, 0.4) is 0 Å². The van der Waals surface area contributed by atoms with E-state index in [0.717, 1.165) is 31.0 Å². The second-order valence-corrected chi connectivity index (χ2v) is 6.51. The Morgan fingerprint density at radius 2 is 2.04 bits per heavy atom. The lowest BCUT2D eigenvalue weighted by Gasteiger charge is -2.13. The van der Waals surface area contributed by atoms with Gasteiger partial charge in [0.1, 0.15) is 0 Å². The average Bonchev–Trinajstić information content (AvgIpc) is 3.06. The molecule has 1 atom stereocenters. The van der Waals surface area contributed by atoms with Crippen molar-refractivity contribution in [1.82, 2.24) is 10.6 Å². The molecule has 0 amide bonds. The van der Waals surface area contributed by atoms with Gasteiger partial charge in [-0.3, -0.25) is 4.99 Å². The fraction of sp³-hybridized carbons (Fsp3) is 0.353. The molecule has 0 radical (unpaired) electrons. The van der Waals surface area contributed by atoms with Crippen LogP contribution in [-0.2, 0) is 6.42 Å². The number of guanidine groups is 1. The van der Waals surface area contributed by atoms with Crippen molar-refractivity contribution in [3.63, 3.8) is 0 Å². The summed E-state index contributed by atoms with van der Waals surface area (Å²) in [6.45, 7) is 3.91. The Bertz CT molecular complexity index is 599. The van der Waals surface area contributed by atoms with E-state index >= 15 is 0 Å². The minimum absolute atomic E-state index is 0.302. The molecule has 4 nitrogen and oxygen atoms in total. The van der Waals surface area contributed by atoms with Gasteiger partial charge in [0.15, 0.2) is 5.96 Å². The summed E-state index contributed by atoms with van der Waals surface area (Å²) in [5.74, 6) is 0.720. The predicted octanol–water partition coefficient (Wildman–Crippen LogP) is 3.23. The lowest BCUT2D eigenvalue weighted by atomic mass is 10.1. The van der Waals surface area contributed by atoms with Gasteiger partial charge >= 0.3 is 0 Å². The van der Waals surface area contributed by atoms with Crippen molar-refractivity contribution in [2.75, 3.05) is 19.6 Å². The maximum Gasteiger partial charge on any atom is 0.191 e. The number of nitrogens with zero attached hydrogens (tertiary/aromatic N) is 1. The number of aliphatic hydroxyl groups excluding tert-OH is 1. The number of halogens is 1. The number of aliphatic imine (C=N–C) groups is 1. The quantitative estimate of drug-likeness (QED) is 0.530. The van der Waals surface area contributed by atoms with Crippen LogP contribution in [0.15, 0.2) is 46.8 Å². The Labute approximate surface area is 146 Å². The average molecular weight is 352 g/mol. The third-order valence-electron chi connectivity index (χ3n) is 3.27. The topological polar surface area (TPSA) is 56.7 Å². The van der Waals surface area contributed by atoms with Gasteiger partial charge in [0.25, 0.3) is 0 Å². The highest BCUT2D eigenvalue weighted by molar-refractivity contribution is 7.09. The molecule has 0 aliphatic heterocycles. The zero-order valence-corrected chi connectivity index (χ0v) is 14.7. The maximum absolute atomic E-state index is 10.2. The van der Waals surface area contributed by atoms with Crippen LogP contribution in [0, 0.1) is 0 Å². The molecule has 0 spiro atoms. The Kier molecular flexibility index (Phi) is 7.39. The lowest BCUT2D eigenvalue weighted by molar-refractivity contribution is 0.187. The second-order valence-electron chi connectivity index (χ2n) is 5.04. The molecule has 0 aliphatic rings. The fourth-order valence-corrected chi connectivity index (χ4v) is 2.90. The smallest absolute Gasteiger partial charge is 0.191 e. The number of aliphatic hydroxyl groups is 1. The zero-order valence-electron chi connectivity index (χ0n) is 13.1. The third kappa shape index (κ3) is 6.22. The standard InChI is InChI=1S/C17H22ClN3OS/c1-2-19-17(20-10-9-15-4-3-11-23-15)21-12-16(22)13-5-7-14(18)8-6-13/h3-8,11,16,22H,2,9-10,12H2,1H3,(H2,19,20,21). The molecule has 1 unspecified atom stereocenters. The minimum atomic E-state index is -0.639. The molecule has 1 aromatic carbocycles. The molecule has 0 bridgehead atoms. The van der Waals surface area contributed by atoms with Gasteiger partial charge in [-0.15, -0.1) is 11.3 Å². The Hall–Kier alpha value is -1.56. The summed E-state index contributed by atoms with van der Waals surface area (Å²) in [5.41, 5.74) is 0.813. The first-order chi connectivity index (χ1) is 11.2. The van der Waals surface area contributed by atoms with Crippen LogP contribution in [0.25, 0.3) is 0 Å². The summed E-state index contributed by atoms with van der Waals surface area (Å²) in [5, 5.41) is 19.4. The number of hydrogen-bond acceptors (Lipinski definition) is 3. The van der Waals surface area contributed by atoms with E-state index in [1.807, 2.05) is 19.1 Å². The highest BCUT2D eigenvalue weighted by Crippen LogP contribution is 2.16. The van der Waals surface area contributed by atoms with Gasteiger partial charge in [0.05, 0.1) is 12.6 Å². The van der Waals surface area contributed by atoms with Gasteiger partial charge in [-0.05, 0) is 42.5 Å². The van der Waals surface area contributed by atoms with Gasteiger partial charge in [0.2, 0.25) is 0 Å². The van der Waals surface area contributed by atoms with E-state index in [0.29, 0.717) is 11.6 Å². The molecular weight excluding hydrogens is 330 g/mol. The van der Waals surface area contributed by atoms with E-state index in [2.05, 4.69) is 33.1 Å². The SMILES string of the molecule is CCNC(=NCC(O)c1ccc(Cl)cc1)NCCc1cccs1. The summed E-state index contributed by atoms with van der Waals surface area (Å²) in [6.07, 6.45) is 0.321. The second kappa shape index (κ2) is 9.55. The van der Waals surface area contributed by atoms with Gasteiger partial charge in [-0.1, -0.05) is 29.8 Å². The zero-order chi connectivity index (χ0) is 16.5. The first-order valence-electron chi connectivity index (χ1n) is 7.67. The Morgan fingerprint density at radius 3 is 2.70 bits per heavy atom. The van der Waals surface area contributed by atoms with Gasteiger partial charge in [0, 0.05) is 23.0 Å². The summed E-state index contributed by atoms with van der Waals surface area (Å²) in [6, 6.07) is 11.4. The highest BCUT2D eigenvalue weighted by Gasteiger charge is 2.07. The molecule has 6 heteroatoms. The number of thiophene rings is 1. The summed E-state index contributed by atoms with van der Waals surface area (Å²) in [7, 11) is 0. The summed E-state index contributed by atoms with van der Waals surface area (Å²) >= 11 is 7.61. The van der Waals surface area contributed by atoms with Crippen LogP contribution in [0.5, 0.6) is 0 Å². The molecule has 0 saturated carbocycles. The Morgan fingerprint density at radius 1 is 1.26 bits per heavy atom. The third-order valence-corrected chi connectivity index (χ3v) is 4.45. The normalized spacial score (nSPS) is 12.9. The number of rotatable bonds is 7. The molecule has 23 heavy (non-hydrogen) atoms. The van der Waals surface area contributed by atoms with Crippen molar-refractivity contribution in [3.8, 4) is 0 Å². The molecule has 0 saturated heterocycles. The van der Waals surface area contributed by atoms with E-state index < -0.39 is 6.10 Å². The molecular formula is C17H22ClN3OS. The summed E-state index contributed by atoms with van der Waals surface area (Å²) in [4.78, 5) is 5.79. The molecule has 1 aromatic heterocycles. The van der Waals surface area contributed by atoms with Gasteiger partial charge in [-0.25, -0.2) is 0 Å². The van der Waals surface area contributed by atoms with Crippen LogP contribution in [0.2, 0.25) is 5.02 Å². The van der Waals surface area contributed by atoms with Crippen LogP contribution >= 0.6 is 22.9 Å². The van der Waals surface area contributed by atoms with E-state index in [9.17, 15) is 5.11 Å². The molecule has 124 valence electrons. The van der Waals surface area contributed by atoms with Crippen LogP contribution in [0.4, 0.5) is 0 Å². The predicted molar refractivity (Wildman–Crippen MR) is 98.4 cm³/mol. The number of nitrogens with one attached hydrogen (secondary N) is 2. The van der Waals surface area contributed by atoms with Gasteiger partial charge in [-0.2, -0.15) is 0 Å². The molecule has 2 rings (SSSR count). The van der Waals surface area contributed by atoms with Crippen LogP contribution in [-0.4, -0.2) is 30.7 Å². The van der Waals surface area contributed by atoms with E-state index in [1.54, 1.807) is 23.5 Å². The maximum atomic E-state index is 10.2.